The zero-order valence-corrected chi connectivity index (χ0v) is 23.2. The van der Waals surface area contributed by atoms with Crippen LogP contribution in [0.2, 0.25) is 0 Å². The number of aryl methyl sites for hydroxylation is 1. The van der Waals surface area contributed by atoms with Gasteiger partial charge in [0.15, 0.2) is 10.9 Å². The quantitative estimate of drug-likeness (QED) is 0.189. The van der Waals surface area contributed by atoms with E-state index in [4.69, 9.17) is 4.42 Å². The molecule has 0 radical (unpaired) electrons. The Hall–Kier alpha value is -4.47. The second-order valence-corrected chi connectivity index (χ2v) is 11.0. The number of hydrogen-bond donors (Lipinski definition) is 1. The fourth-order valence-corrected chi connectivity index (χ4v) is 6.06. The number of rotatable bonds is 9. The predicted octanol–water partition coefficient (Wildman–Crippen LogP) is 7.10. The van der Waals surface area contributed by atoms with Crippen molar-refractivity contribution in [2.45, 2.75) is 23.9 Å². The van der Waals surface area contributed by atoms with Gasteiger partial charge >= 0.3 is 0 Å². The lowest BCUT2D eigenvalue weighted by atomic mass is 9.98. The van der Waals surface area contributed by atoms with E-state index in [2.05, 4.69) is 39.6 Å². The second-order valence-electron chi connectivity index (χ2n) is 9.10. The van der Waals surface area contributed by atoms with E-state index in [0.717, 1.165) is 21.8 Å². The molecule has 0 aliphatic heterocycles. The molecule has 7 nitrogen and oxygen atoms in total. The number of carbonyl (C=O) groups is 1. The third-order valence-electron chi connectivity index (χ3n) is 6.32. The zero-order valence-electron chi connectivity index (χ0n) is 21.6. The average Bonchev–Trinajstić information content (AvgIpc) is 3.77. The maximum atomic E-state index is 13.3. The normalized spacial score (nSPS) is 11.2. The number of aromatic nitrogens is 4. The molecular formula is C31H25N5O2S2. The molecule has 1 N–H and O–H groups in total. The Morgan fingerprint density at radius 1 is 0.925 bits per heavy atom. The van der Waals surface area contributed by atoms with Gasteiger partial charge in [-0.25, -0.2) is 4.98 Å². The van der Waals surface area contributed by atoms with Gasteiger partial charge in [0.05, 0.1) is 18.1 Å². The number of benzene rings is 3. The van der Waals surface area contributed by atoms with Crippen molar-refractivity contribution in [1.82, 2.24) is 25.1 Å². The highest BCUT2D eigenvalue weighted by Gasteiger charge is 2.21. The fourth-order valence-electron chi connectivity index (χ4n) is 4.32. The Morgan fingerprint density at radius 2 is 1.62 bits per heavy atom. The fraction of sp³-hybridized carbons (Fsp3) is 0.0968. The van der Waals surface area contributed by atoms with E-state index in [9.17, 15) is 4.79 Å². The highest BCUT2D eigenvalue weighted by molar-refractivity contribution is 7.98. The van der Waals surface area contributed by atoms with Crippen LogP contribution in [0, 0.1) is 6.92 Å². The van der Waals surface area contributed by atoms with Gasteiger partial charge in [-0.05, 0) is 42.3 Å². The molecule has 0 atom stereocenters. The molecule has 3 heterocycles. The standard InChI is InChI=1S/C31H25N5O2S2/c1-21-14-16-24(17-15-21)36-29(26-13-8-18-38-26)34-35-31(36)40-20-27-32-25(19-39-27)30(37)33-28(22-9-4-2-5-10-22)23-11-6-3-7-12-23/h2-19,28H,20H2,1H3,(H,33,37). The van der Waals surface area contributed by atoms with E-state index in [-0.39, 0.29) is 11.9 Å². The molecule has 3 aromatic carbocycles. The number of amides is 1. The molecule has 0 saturated carbocycles. The topological polar surface area (TPSA) is 85.8 Å². The lowest BCUT2D eigenvalue weighted by molar-refractivity contribution is 0.0938. The van der Waals surface area contributed by atoms with Gasteiger partial charge in [0, 0.05) is 11.1 Å². The predicted molar refractivity (Wildman–Crippen MR) is 158 cm³/mol. The van der Waals surface area contributed by atoms with E-state index in [0.29, 0.717) is 28.2 Å². The molecule has 6 rings (SSSR count). The second kappa shape index (κ2) is 11.7. The number of nitrogens with zero attached hydrogens (tertiary/aromatic N) is 4. The summed E-state index contributed by atoms with van der Waals surface area (Å²) in [7, 11) is 0. The van der Waals surface area contributed by atoms with Crippen LogP contribution >= 0.6 is 23.1 Å². The minimum Gasteiger partial charge on any atom is -0.461 e. The molecule has 1 amide bonds. The highest BCUT2D eigenvalue weighted by atomic mass is 32.2. The lowest BCUT2D eigenvalue weighted by Gasteiger charge is -2.19. The van der Waals surface area contributed by atoms with Crippen LogP contribution in [0.15, 0.2) is 118 Å². The minimum atomic E-state index is -0.275. The van der Waals surface area contributed by atoms with Crippen LogP contribution in [0.4, 0.5) is 0 Å². The Kier molecular flexibility index (Phi) is 7.56. The third kappa shape index (κ3) is 5.61. The maximum Gasteiger partial charge on any atom is 0.271 e. The summed E-state index contributed by atoms with van der Waals surface area (Å²) in [6, 6.07) is 31.5. The van der Waals surface area contributed by atoms with Crippen molar-refractivity contribution in [3.8, 4) is 17.3 Å². The van der Waals surface area contributed by atoms with Crippen molar-refractivity contribution >= 4 is 29.0 Å². The molecule has 0 aliphatic rings. The Bertz CT molecular complexity index is 1660. The van der Waals surface area contributed by atoms with Gasteiger partial charge in [0.1, 0.15) is 10.7 Å². The van der Waals surface area contributed by atoms with Crippen LogP contribution in [0.5, 0.6) is 0 Å². The summed E-state index contributed by atoms with van der Waals surface area (Å²) in [5.41, 5.74) is 4.53. The van der Waals surface area contributed by atoms with Gasteiger partial charge in [-0.15, -0.1) is 21.5 Å². The summed E-state index contributed by atoms with van der Waals surface area (Å²) in [5, 5.41) is 15.4. The first-order chi connectivity index (χ1) is 19.7. The summed E-state index contributed by atoms with van der Waals surface area (Å²) in [5.74, 6) is 1.59. The Labute approximate surface area is 239 Å². The van der Waals surface area contributed by atoms with E-state index in [1.165, 1.54) is 28.7 Å². The lowest BCUT2D eigenvalue weighted by Crippen LogP contribution is -2.29. The van der Waals surface area contributed by atoms with Gasteiger partial charge in [0.25, 0.3) is 5.91 Å². The van der Waals surface area contributed by atoms with Gasteiger partial charge in [-0.2, -0.15) is 0 Å². The maximum absolute atomic E-state index is 13.3. The van der Waals surface area contributed by atoms with Crippen LogP contribution in [-0.4, -0.2) is 25.7 Å². The van der Waals surface area contributed by atoms with Crippen molar-refractivity contribution in [3.63, 3.8) is 0 Å². The molecule has 6 aromatic rings. The molecule has 3 aromatic heterocycles. The molecule has 0 spiro atoms. The summed E-state index contributed by atoms with van der Waals surface area (Å²) < 4.78 is 7.60. The molecule has 0 saturated heterocycles. The van der Waals surface area contributed by atoms with Crippen molar-refractivity contribution in [1.29, 1.82) is 0 Å². The summed E-state index contributed by atoms with van der Waals surface area (Å²) in [6.07, 6.45) is 1.62. The van der Waals surface area contributed by atoms with Crippen LogP contribution in [0.1, 0.15) is 38.2 Å². The van der Waals surface area contributed by atoms with Gasteiger partial charge in [-0.1, -0.05) is 90.1 Å². The number of thioether (sulfide) groups is 1. The summed E-state index contributed by atoms with van der Waals surface area (Å²) in [4.78, 5) is 17.9. The summed E-state index contributed by atoms with van der Waals surface area (Å²) in [6.45, 7) is 2.05. The Balaban J connectivity index is 1.20. The van der Waals surface area contributed by atoms with Crippen molar-refractivity contribution < 1.29 is 9.21 Å². The van der Waals surface area contributed by atoms with E-state index >= 15 is 0 Å². The molecule has 0 fully saturated rings. The van der Waals surface area contributed by atoms with E-state index in [1.54, 1.807) is 11.6 Å². The monoisotopic (exact) mass is 563 g/mol. The van der Waals surface area contributed by atoms with Crippen molar-refractivity contribution in [2.75, 3.05) is 0 Å². The van der Waals surface area contributed by atoms with E-state index < -0.39 is 0 Å². The number of furan rings is 1. The largest absolute Gasteiger partial charge is 0.461 e. The SMILES string of the molecule is Cc1ccc(-n2c(SCc3nc(C(=O)NC(c4ccccc4)c4ccccc4)cs3)nnc2-c2ccco2)cc1. The number of hydrogen-bond acceptors (Lipinski definition) is 7. The van der Waals surface area contributed by atoms with Crippen LogP contribution < -0.4 is 5.32 Å². The van der Waals surface area contributed by atoms with Crippen molar-refractivity contribution in [3.05, 3.63) is 136 Å². The molecule has 0 unspecified atom stereocenters. The molecule has 0 aliphatic carbocycles. The smallest absolute Gasteiger partial charge is 0.271 e. The van der Waals surface area contributed by atoms with Gasteiger partial charge in [-0.3, -0.25) is 9.36 Å². The summed E-state index contributed by atoms with van der Waals surface area (Å²) >= 11 is 2.97. The first kappa shape index (κ1) is 25.8. The van der Waals surface area contributed by atoms with E-state index in [1.807, 2.05) is 89.5 Å². The molecule has 198 valence electrons. The van der Waals surface area contributed by atoms with Gasteiger partial charge in [0.2, 0.25) is 5.82 Å². The third-order valence-corrected chi connectivity index (χ3v) is 8.29. The number of nitrogens with one attached hydrogen (secondary N) is 1. The van der Waals surface area contributed by atoms with Crippen LogP contribution in [-0.2, 0) is 5.75 Å². The van der Waals surface area contributed by atoms with Gasteiger partial charge < -0.3 is 9.73 Å². The number of carbonyl (C=O) groups excluding carboxylic acids is 1. The van der Waals surface area contributed by atoms with Crippen LogP contribution in [0.3, 0.4) is 0 Å². The first-order valence-corrected chi connectivity index (χ1v) is 14.6. The molecular weight excluding hydrogens is 539 g/mol. The Morgan fingerprint density at radius 3 is 2.27 bits per heavy atom. The van der Waals surface area contributed by atoms with Crippen molar-refractivity contribution in [2.24, 2.45) is 0 Å². The molecule has 40 heavy (non-hydrogen) atoms. The highest BCUT2D eigenvalue weighted by Crippen LogP contribution is 2.31. The minimum absolute atomic E-state index is 0.215. The average molecular weight is 564 g/mol. The molecule has 0 bridgehead atoms. The zero-order chi connectivity index (χ0) is 27.3. The van der Waals surface area contributed by atoms with Crippen LogP contribution in [0.25, 0.3) is 17.3 Å². The first-order valence-electron chi connectivity index (χ1n) is 12.7. The number of thiazole rings is 1. The molecule has 9 heteroatoms.